The molecule has 1 aliphatic heterocycles. The van der Waals surface area contributed by atoms with Crippen LogP contribution in [0.3, 0.4) is 0 Å². The number of aliphatic hydroxyl groups is 1. The summed E-state index contributed by atoms with van der Waals surface area (Å²) in [4.78, 5) is 13.2. The number of methoxy groups -OCH3 is 2. The third-order valence-corrected chi connectivity index (χ3v) is 3.28. The lowest BCUT2D eigenvalue weighted by molar-refractivity contribution is -0.128. The smallest absolute Gasteiger partial charge is 0.246 e. The molecule has 19 heavy (non-hydrogen) atoms. The van der Waals surface area contributed by atoms with Gasteiger partial charge in [0.05, 0.1) is 27.3 Å². The van der Waals surface area contributed by atoms with Gasteiger partial charge in [0, 0.05) is 11.1 Å². The van der Waals surface area contributed by atoms with Gasteiger partial charge in [-0.25, -0.2) is 0 Å². The molecule has 1 aromatic rings. The Morgan fingerprint density at radius 3 is 2.63 bits per heavy atom. The van der Waals surface area contributed by atoms with Crippen LogP contribution in [0.5, 0.6) is 11.5 Å². The quantitative estimate of drug-likeness (QED) is 0.834. The van der Waals surface area contributed by atoms with E-state index in [1.165, 1.54) is 11.0 Å². The first kappa shape index (κ1) is 13.4. The fraction of sp³-hybridized carbons (Fsp3) is 0.357. The fourth-order valence-electron chi connectivity index (χ4n) is 2.37. The molecule has 1 N–H and O–H groups in total. The predicted molar refractivity (Wildman–Crippen MR) is 70.1 cm³/mol. The topological polar surface area (TPSA) is 59.0 Å². The van der Waals surface area contributed by atoms with Crippen LogP contribution in [0.25, 0.3) is 0 Å². The molecule has 0 spiro atoms. The molecule has 1 atom stereocenters. The van der Waals surface area contributed by atoms with E-state index < -0.39 is 6.10 Å². The van der Waals surface area contributed by atoms with Gasteiger partial charge >= 0.3 is 0 Å². The number of hydrogen-bond donors (Lipinski definition) is 1. The zero-order valence-electron chi connectivity index (χ0n) is 11.0. The van der Waals surface area contributed by atoms with E-state index in [2.05, 4.69) is 6.58 Å². The van der Waals surface area contributed by atoms with E-state index in [4.69, 9.17) is 9.47 Å². The molecule has 0 bridgehead atoms. The van der Waals surface area contributed by atoms with E-state index in [0.717, 1.165) is 5.56 Å². The van der Waals surface area contributed by atoms with Crippen LogP contribution in [0.2, 0.25) is 0 Å². The second-order valence-corrected chi connectivity index (χ2v) is 4.30. The number of nitrogens with zero attached hydrogens (tertiary/aromatic N) is 1. The Balaban J connectivity index is 2.50. The van der Waals surface area contributed by atoms with Gasteiger partial charge in [-0.1, -0.05) is 6.58 Å². The molecule has 1 heterocycles. The number of carbonyl (C=O) groups is 1. The molecule has 0 aromatic heterocycles. The van der Waals surface area contributed by atoms with Crippen molar-refractivity contribution in [3.05, 3.63) is 35.9 Å². The van der Waals surface area contributed by atoms with Gasteiger partial charge in [0.25, 0.3) is 0 Å². The van der Waals surface area contributed by atoms with Gasteiger partial charge in [-0.3, -0.25) is 4.79 Å². The van der Waals surface area contributed by atoms with Crippen molar-refractivity contribution in [3.63, 3.8) is 0 Å². The zero-order valence-corrected chi connectivity index (χ0v) is 11.0. The van der Waals surface area contributed by atoms with Crippen LogP contribution in [-0.4, -0.2) is 36.7 Å². The largest absolute Gasteiger partial charge is 0.496 e. The first-order valence-corrected chi connectivity index (χ1v) is 5.95. The molecule has 1 aliphatic rings. The lowest BCUT2D eigenvalue weighted by Gasteiger charge is -2.33. The van der Waals surface area contributed by atoms with E-state index in [1.807, 2.05) is 0 Å². The lowest BCUT2D eigenvalue weighted by Crippen LogP contribution is -2.37. The van der Waals surface area contributed by atoms with E-state index in [0.29, 0.717) is 23.6 Å². The molecule has 102 valence electrons. The number of amides is 1. The highest BCUT2D eigenvalue weighted by Gasteiger charge is 2.30. The van der Waals surface area contributed by atoms with Gasteiger partial charge in [0.15, 0.2) is 0 Å². The molecular formula is C14H17NO4. The van der Waals surface area contributed by atoms with Crippen molar-refractivity contribution >= 4 is 5.91 Å². The van der Waals surface area contributed by atoms with E-state index >= 15 is 0 Å². The Hall–Kier alpha value is -2.01. The van der Waals surface area contributed by atoms with Crippen LogP contribution >= 0.6 is 0 Å². The van der Waals surface area contributed by atoms with E-state index in [9.17, 15) is 9.90 Å². The first-order chi connectivity index (χ1) is 9.12. The average Bonchev–Trinajstić information content (AvgIpc) is 2.44. The maximum absolute atomic E-state index is 11.7. The van der Waals surface area contributed by atoms with Crippen molar-refractivity contribution in [2.75, 3.05) is 20.8 Å². The fourth-order valence-corrected chi connectivity index (χ4v) is 2.37. The molecule has 1 aromatic carbocycles. The SMILES string of the molecule is C=CC(=O)N1Cc2c(OC)ccc(OC)c2C(O)C1. The summed E-state index contributed by atoms with van der Waals surface area (Å²) >= 11 is 0. The van der Waals surface area contributed by atoms with Crippen molar-refractivity contribution in [2.45, 2.75) is 12.6 Å². The Kier molecular flexibility index (Phi) is 3.76. The van der Waals surface area contributed by atoms with E-state index in [1.54, 1.807) is 26.4 Å². The van der Waals surface area contributed by atoms with Crippen molar-refractivity contribution in [2.24, 2.45) is 0 Å². The molecule has 1 unspecified atom stereocenters. The normalized spacial score (nSPS) is 17.6. The molecule has 0 saturated carbocycles. The number of aliphatic hydroxyl groups excluding tert-OH is 1. The summed E-state index contributed by atoms with van der Waals surface area (Å²) in [6.07, 6.45) is 0.447. The summed E-state index contributed by atoms with van der Waals surface area (Å²) in [5.41, 5.74) is 1.46. The number of β-amino-alcohol motifs (C(OH)–C–C–N with tert-alkyl or cyclic N) is 1. The van der Waals surface area contributed by atoms with Crippen LogP contribution < -0.4 is 9.47 Å². The highest BCUT2D eigenvalue weighted by Crippen LogP contribution is 2.39. The monoisotopic (exact) mass is 263 g/mol. The number of ether oxygens (including phenoxy) is 2. The van der Waals surface area contributed by atoms with Gasteiger partial charge in [-0.15, -0.1) is 0 Å². The average molecular weight is 263 g/mol. The summed E-state index contributed by atoms with van der Waals surface area (Å²) in [5, 5.41) is 10.2. The molecule has 0 saturated heterocycles. The molecule has 2 rings (SSSR count). The van der Waals surface area contributed by atoms with Crippen molar-refractivity contribution in [1.29, 1.82) is 0 Å². The molecule has 0 radical (unpaired) electrons. The van der Waals surface area contributed by atoms with Crippen LogP contribution in [0.15, 0.2) is 24.8 Å². The summed E-state index contributed by atoms with van der Waals surface area (Å²) in [5.74, 6) is 1.03. The van der Waals surface area contributed by atoms with Gasteiger partial charge in [-0.05, 0) is 18.2 Å². The summed E-state index contributed by atoms with van der Waals surface area (Å²) < 4.78 is 10.6. The Morgan fingerprint density at radius 1 is 1.42 bits per heavy atom. The maximum Gasteiger partial charge on any atom is 0.246 e. The van der Waals surface area contributed by atoms with Gasteiger partial charge < -0.3 is 19.5 Å². The molecule has 5 heteroatoms. The number of fused-ring (bicyclic) bond motifs is 1. The van der Waals surface area contributed by atoms with Gasteiger partial charge in [0.1, 0.15) is 17.6 Å². The third-order valence-electron chi connectivity index (χ3n) is 3.28. The minimum Gasteiger partial charge on any atom is -0.496 e. The van der Waals surface area contributed by atoms with Crippen LogP contribution in [-0.2, 0) is 11.3 Å². The highest BCUT2D eigenvalue weighted by molar-refractivity contribution is 5.87. The van der Waals surface area contributed by atoms with Crippen LogP contribution in [0, 0.1) is 0 Å². The Bertz CT molecular complexity index is 512. The highest BCUT2D eigenvalue weighted by atomic mass is 16.5. The van der Waals surface area contributed by atoms with Crippen molar-refractivity contribution < 1.29 is 19.4 Å². The molecule has 1 amide bonds. The molecule has 0 aliphatic carbocycles. The van der Waals surface area contributed by atoms with Crippen LogP contribution in [0.4, 0.5) is 0 Å². The second kappa shape index (κ2) is 5.32. The number of hydrogen-bond acceptors (Lipinski definition) is 4. The van der Waals surface area contributed by atoms with Gasteiger partial charge in [-0.2, -0.15) is 0 Å². The minimum atomic E-state index is -0.794. The Morgan fingerprint density at radius 2 is 2.05 bits per heavy atom. The van der Waals surface area contributed by atoms with Crippen molar-refractivity contribution in [3.8, 4) is 11.5 Å². The second-order valence-electron chi connectivity index (χ2n) is 4.30. The predicted octanol–water partition coefficient (Wildman–Crippen LogP) is 1.27. The van der Waals surface area contributed by atoms with E-state index in [-0.39, 0.29) is 12.5 Å². The summed E-state index contributed by atoms with van der Waals surface area (Å²) in [7, 11) is 3.11. The lowest BCUT2D eigenvalue weighted by atomic mass is 9.95. The summed E-state index contributed by atoms with van der Waals surface area (Å²) in [6.45, 7) is 4.06. The Labute approximate surface area is 112 Å². The minimum absolute atomic E-state index is 0.213. The number of benzene rings is 1. The molecule has 0 fully saturated rings. The zero-order chi connectivity index (χ0) is 14.0. The maximum atomic E-state index is 11.7. The molecular weight excluding hydrogens is 246 g/mol. The van der Waals surface area contributed by atoms with Crippen molar-refractivity contribution in [1.82, 2.24) is 4.90 Å². The number of carbonyl (C=O) groups excluding carboxylic acids is 1. The first-order valence-electron chi connectivity index (χ1n) is 5.95. The summed E-state index contributed by atoms with van der Waals surface area (Å²) in [6, 6.07) is 3.53. The van der Waals surface area contributed by atoms with Gasteiger partial charge in [0.2, 0.25) is 5.91 Å². The number of rotatable bonds is 3. The molecule has 5 nitrogen and oxygen atoms in total. The standard InChI is InChI=1S/C14H17NO4/c1-4-13(17)15-7-9-11(18-2)5-6-12(19-3)14(9)10(16)8-15/h4-6,10,16H,1,7-8H2,2-3H3. The van der Waals surface area contributed by atoms with Crippen LogP contribution in [0.1, 0.15) is 17.2 Å². The third kappa shape index (κ3) is 2.29.